The second-order valence-electron chi connectivity index (χ2n) is 6.08. The van der Waals surface area contributed by atoms with Crippen LogP contribution >= 0.6 is 11.9 Å². The fourth-order valence-corrected chi connectivity index (χ4v) is 4.21. The molecule has 0 saturated carbocycles. The number of rotatable bonds is 6. The average Bonchev–Trinajstić information content (AvgIpc) is 2.64. The molecule has 1 fully saturated rings. The van der Waals surface area contributed by atoms with Crippen molar-refractivity contribution in [3.63, 3.8) is 0 Å². The first kappa shape index (κ1) is 17.5. The Labute approximate surface area is 147 Å². The molecule has 5 heteroatoms. The van der Waals surface area contributed by atoms with Crippen molar-refractivity contribution in [2.24, 2.45) is 0 Å². The molecule has 2 unspecified atom stereocenters. The van der Waals surface area contributed by atoms with Gasteiger partial charge in [-0.3, -0.25) is 4.90 Å². The fourth-order valence-electron chi connectivity index (χ4n) is 3.14. The summed E-state index contributed by atoms with van der Waals surface area (Å²) >= 11 is 1.70. The highest BCUT2D eigenvalue weighted by atomic mass is 32.2. The Morgan fingerprint density at radius 1 is 0.833 bits per heavy atom. The lowest BCUT2D eigenvalue weighted by molar-refractivity contribution is -0.000250. The van der Waals surface area contributed by atoms with Crippen molar-refractivity contribution < 1.29 is 10.2 Å². The molecular weight excluding hydrogens is 320 g/mol. The molecule has 0 amide bonds. The molecule has 1 saturated heterocycles. The van der Waals surface area contributed by atoms with Crippen LogP contribution < -0.4 is 0 Å². The Hall–Kier alpha value is -1.37. The van der Waals surface area contributed by atoms with Crippen LogP contribution in [0.1, 0.15) is 5.56 Å². The van der Waals surface area contributed by atoms with Gasteiger partial charge in [0.2, 0.25) is 0 Å². The normalized spacial score (nSPS) is 22.6. The molecule has 0 radical (unpaired) electrons. The topological polar surface area (TPSA) is 46.9 Å². The lowest BCUT2D eigenvalue weighted by Gasteiger charge is -2.45. The summed E-state index contributed by atoms with van der Waals surface area (Å²) in [4.78, 5) is 3.42. The zero-order chi connectivity index (χ0) is 16.8. The van der Waals surface area contributed by atoms with Crippen LogP contribution in [-0.4, -0.2) is 57.8 Å². The third-order valence-electron chi connectivity index (χ3n) is 4.37. The van der Waals surface area contributed by atoms with Crippen molar-refractivity contribution in [1.29, 1.82) is 0 Å². The first-order valence-electron chi connectivity index (χ1n) is 8.29. The van der Waals surface area contributed by atoms with Gasteiger partial charge in [-0.2, -0.15) is 0 Å². The number of hydrogen-bond acceptors (Lipinski definition) is 5. The van der Waals surface area contributed by atoms with Gasteiger partial charge in [0.15, 0.2) is 0 Å². The largest absolute Gasteiger partial charge is 0.395 e. The zero-order valence-corrected chi connectivity index (χ0v) is 14.5. The molecule has 2 aromatic rings. The smallest absolute Gasteiger partial charge is 0.0599 e. The fraction of sp³-hybridized carbons (Fsp3) is 0.368. The van der Waals surface area contributed by atoms with Gasteiger partial charge in [-0.25, -0.2) is 4.31 Å². The molecule has 0 bridgehead atoms. The van der Waals surface area contributed by atoms with Gasteiger partial charge in [0.1, 0.15) is 0 Å². The molecule has 0 aliphatic carbocycles. The van der Waals surface area contributed by atoms with Crippen molar-refractivity contribution in [2.75, 3.05) is 26.3 Å². The lowest BCUT2D eigenvalue weighted by Crippen LogP contribution is -2.59. The first-order valence-corrected chi connectivity index (χ1v) is 9.07. The lowest BCUT2D eigenvalue weighted by atomic mass is 10.1. The standard InChI is InChI=1S/C19H24N2O2S/c22-14-17-12-20(24-19-9-5-2-6-10-19)13-18(15-23)21(17)11-16-7-3-1-4-8-16/h1-10,17-18,22-23H,11-15H2. The summed E-state index contributed by atoms with van der Waals surface area (Å²) < 4.78 is 2.25. The van der Waals surface area contributed by atoms with E-state index in [2.05, 4.69) is 33.5 Å². The van der Waals surface area contributed by atoms with Crippen molar-refractivity contribution in [1.82, 2.24) is 9.21 Å². The highest BCUT2D eigenvalue weighted by Crippen LogP contribution is 2.28. The molecule has 2 atom stereocenters. The van der Waals surface area contributed by atoms with Crippen molar-refractivity contribution >= 4 is 11.9 Å². The number of hydrogen-bond donors (Lipinski definition) is 2. The van der Waals surface area contributed by atoms with Gasteiger partial charge in [-0.05, 0) is 29.6 Å². The summed E-state index contributed by atoms with van der Waals surface area (Å²) in [6.07, 6.45) is 0. The van der Waals surface area contributed by atoms with E-state index in [0.717, 1.165) is 19.6 Å². The van der Waals surface area contributed by atoms with E-state index in [9.17, 15) is 10.2 Å². The number of piperazine rings is 1. The maximum atomic E-state index is 9.88. The first-order chi connectivity index (χ1) is 11.8. The molecule has 24 heavy (non-hydrogen) atoms. The van der Waals surface area contributed by atoms with Gasteiger partial charge in [0, 0.05) is 36.6 Å². The van der Waals surface area contributed by atoms with E-state index in [1.54, 1.807) is 11.9 Å². The van der Waals surface area contributed by atoms with E-state index in [1.165, 1.54) is 10.5 Å². The molecule has 2 N–H and O–H groups in total. The molecule has 1 aliphatic rings. The highest BCUT2D eigenvalue weighted by molar-refractivity contribution is 7.97. The average molecular weight is 344 g/mol. The Morgan fingerprint density at radius 2 is 1.38 bits per heavy atom. The molecule has 4 nitrogen and oxygen atoms in total. The molecule has 128 valence electrons. The van der Waals surface area contributed by atoms with Gasteiger partial charge in [0.25, 0.3) is 0 Å². The summed E-state index contributed by atoms with van der Waals surface area (Å²) in [5, 5.41) is 19.8. The number of nitrogens with zero attached hydrogens (tertiary/aromatic N) is 2. The minimum atomic E-state index is 0.0207. The van der Waals surface area contributed by atoms with Crippen LogP contribution in [0, 0.1) is 0 Å². The predicted octanol–water partition coefficient (Wildman–Crippen LogP) is 2.23. The summed E-state index contributed by atoms with van der Waals surface area (Å²) in [6.45, 7) is 2.49. The van der Waals surface area contributed by atoms with E-state index >= 15 is 0 Å². The molecule has 0 spiro atoms. The van der Waals surface area contributed by atoms with E-state index in [-0.39, 0.29) is 25.3 Å². The number of aliphatic hydroxyl groups is 2. The van der Waals surface area contributed by atoms with Crippen LogP contribution in [0.25, 0.3) is 0 Å². The minimum Gasteiger partial charge on any atom is -0.395 e. The molecular formula is C19H24N2O2S. The van der Waals surface area contributed by atoms with Crippen LogP contribution in [0.3, 0.4) is 0 Å². The zero-order valence-electron chi connectivity index (χ0n) is 13.7. The quantitative estimate of drug-likeness (QED) is 0.787. The van der Waals surface area contributed by atoms with E-state index in [1.807, 2.05) is 36.4 Å². The van der Waals surface area contributed by atoms with Crippen LogP contribution in [0.15, 0.2) is 65.6 Å². The Bertz CT molecular complexity index is 597. The maximum Gasteiger partial charge on any atom is 0.0599 e. The second-order valence-corrected chi connectivity index (χ2v) is 7.25. The molecule has 2 aromatic carbocycles. The summed E-state index contributed by atoms with van der Waals surface area (Å²) in [6, 6.07) is 20.5. The molecule has 1 heterocycles. The van der Waals surface area contributed by atoms with Gasteiger partial charge in [-0.15, -0.1) is 0 Å². The minimum absolute atomic E-state index is 0.0207. The van der Waals surface area contributed by atoms with Gasteiger partial charge < -0.3 is 10.2 Å². The summed E-state index contributed by atoms with van der Waals surface area (Å²) in [5.41, 5.74) is 1.21. The van der Waals surface area contributed by atoms with Crippen molar-refractivity contribution in [3.05, 3.63) is 66.2 Å². The van der Waals surface area contributed by atoms with E-state index in [0.29, 0.717) is 0 Å². The molecule has 1 aliphatic heterocycles. The van der Waals surface area contributed by atoms with Crippen LogP contribution in [0.5, 0.6) is 0 Å². The van der Waals surface area contributed by atoms with Crippen LogP contribution in [0.4, 0.5) is 0 Å². The van der Waals surface area contributed by atoms with Gasteiger partial charge >= 0.3 is 0 Å². The third-order valence-corrected chi connectivity index (χ3v) is 5.41. The second kappa shape index (κ2) is 8.65. The Balaban J connectivity index is 1.70. The number of aliphatic hydroxyl groups excluding tert-OH is 2. The highest BCUT2D eigenvalue weighted by Gasteiger charge is 2.34. The summed E-state index contributed by atoms with van der Waals surface area (Å²) in [7, 11) is 0. The van der Waals surface area contributed by atoms with Crippen LogP contribution in [-0.2, 0) is 6.54 Å². The monoisotopic (exact) mass is 344 g/mol. The predicted molar refractivity (Wildman–Crippen MR) is 97.6 cm³/mol. The van der Waals surface area contributed by atoms with Gasteiger partial charge in [0.05, 0.1) is 13.2 Å². The van der Waals surface area contributed by atoms with Crippen molar-refractivity contribution in [3.8, 4) is 0 Å². The Morgan fingerprint density at radius 3 is 1.92 bits per heavy atom. The van der Waals surface area contributed by atoms with Crippen LogP contribution in [0.2, 0.25) is 0 Å². The van der Waals surface area contributed by atoms with Gasteiger partial charge in [-0.1, -0.05) is 48.5 Å². The van der Waals surface area contributed by atoms with Crippen molar-refractivity contribution in [2.45, 2.75) is 23.5 Å². The SMILES string of the molecule is OCC1CN(Sc2ccccc2)CC(CO)N1Cc1ccccc1. The molecule has 3 rings (SSSR count). The van der Waals surface area contributed by atoms with E-state index < -0.39 is 0 Å². The molecule has 0 aromatic heterocycles. The Kier molecular flexibility index (Phi) is 6.29. The summed E-state index contributed by atoms with van der Waals surface area (Å²) in [5.74, 6) is 0. The third kappa shape index (κ3) is 4.37. The van der Waals surface area contributed by atoms with E-state index in [4.69, 9.17) is 0 Å². The maximum absolute atomic E-state index is 9.88. The number of benzene rings is 2.